The summed E-state index contributed by atoms with van der Waals surface area (Å²) in [7, 11) is 0. The van der Waals surface area contributed by atoms with Gasteiger partial charge < -0.3 is 19.4 Å². The molecular formula is C16H12O6. The van der Waals surface area contributed by atoms with E-state index in [-0.39, 0.29) is 33.6 Å². The van der Waals surface area contributed by atoms with Gasteiger partial charge in [0.25, 0.3) is 0 Å². The van der Waals surface area contributed by atoms with Crippen LogP contribution in [0.15, 0.2) is 33.5 Å². The van der Waals surface area contributed by atoms with E-state index in [1.54, 1.807) is 6.92 Å². The van der Waals surface area contributed by atoms with Crippen LogP contribution < -0.4 is 10.2 Å². The molecule has 22 heavy (non-hydrogen) atoms. The molecule has 0 aliphatic heterocycles. The van der Waals surface area contributed by atoms with Crippen molar-refractivity contribution >= 4 is 27.7 Å². The van der Waals surface area contributed by atoms with Crippen LogP contribution in [0.3, 0.4) is 0 Å². The summed E-state index contributed by atoms with van der Waals surface area (Å²) in [5.74, 6) is -0.671. The number of benzene rings is 2. The van der Waals surface area contributed by atoms with E-state index in [4.69, 9.17) is 9.15 Å². The number of hydrogen-bond acceptors (Lipinski definition) is 6. The molecule has 0 aliphatic carbocycles. The van der Waals surface area contributed by atoms with Crippen molar-refractivity contribution in [1.82, 2.24) is 0 Å². The highest BCUT2D eigenvalue weighted by Gasteiger charge is 2.16. The first-order valence-electron chi connectivity index (χ1n) is 6.48. The average molecular weight is 300 g/mol. The molecule has 112 valence electrons. The Morgan fingerprint density at radius 3 is 2.55 bits per heavy atom. The van der Waals surface area contributed by atoms with Gasteiger partial charge in [-0.2, -0.15) is 0 Å². The van der Waals surface area contributed by atoms with E-state index in [2.05, 4.69) is 0 Å². The lowest BCUT2D eigenvalue weighted by atomic mass is 10.0. The van der Waals surface area contributed by atoms with Gasteiger partial charge in [-0.15, -0.1) is 0 Å². The summed E-state index contributed by atoms with van der Waals surface area (Å²) in [6.07, 6.45) is 0. The second kappa shape index (κ2) is 4.77. The van der Waals surface area contributed by atoms with Gasteiger partial charge in [-0.05, 0) is 24.4 Å². The molecule has 0 spiro atoms. The van der Waals surface area contributed by atoms with Crippen LogP contribution in [0.5, 0.6) is 17.2 Å². The van der Waals surface area contributed by atoms with E-state index in [0.29, 0.717) is 11.1 Å². The standard InChI is InChI=1S/C16H12O6/c1-7-3-11(18)15-13(21-7)5-9-4-10(22-8(2)17)6-12(19)14(9)16(15)20/h3-6,19-20H,1-2H3. The predicted molar refractivity (Wildman–Crippen MR) is 79.4 cm³/mol. The number of aryl methyl sites for hydroxylation is 1. The number of esters is 1. The zero-order valence-electron chi connectivity index (χ0n) is 11.8. The number of phenolic OH excluding ortho intramolecular Hbond substituents is 2. The Hall–Kier alpha value is -3.02. The number of hydrogen-bond donors (Lipinski definition) is 2. The van der Waals surface area contributed by atoms with Gasteiger partial charge in [-0.3, -0.25) is 9.59 Å². The second-order valence-electron chi connectivity index (χ2n) is 4.95. The maximum atomic E-state index is 12.0. The summed E-state index contributed by atoms with van der Waals surface area (Å²) >= 11 is 0. The van der Waals surface area contributed by atoms with Crippen molar-refractivity contribution in [2.24, 2.45) is 0 Å². The Morgan fingerprint density at radius 1 is 1.14 bits per heavy atom. The third-order valence-electron chi connectivity index (χ3n) is 3.24. The topological polar surface area (TPSA) is 97.0 Å². The zero-order chi connectivity index (χ0) is 16.0. The van der Waals surface area contributed by atoms with Gasteiger partial charge in [0.2, 0.25) is 0 Å². The summed E-state index contributed by atoms with van der Waals surface area (Å²) < 4.78 is 10.4. The minimum Gasteiger partial charge on any atom is -0.507 e. The van der Waals surface area contributed by atoms with Crippen LogP contribution in [0.25, 0.3) is 21.7 Å². The quantitative estimate of drug-likeness (QED) is 0.407. The third kappa shape index (κ3) is 2.14. The molecule has 2 N–H and O–H groups in total. The number of carbonyl (C=O) groups excluding carboxylic acids is 1. The third-order valence-corrected chi connectivity index (χ3v) is 3.24. The monoisotopic (exact) mass is 300 g/mol. The average Bonchev–Trinajstić information content (AvgIpc) is 2.35. The number of fused-ring (bicyclic) bond motifs is 2. The molecule has 0 amide bonds. The van der Waals surface area contributed by atoms with Crippen molar-refractivity contribution in [3.8, 4) is 17.2 Å². The first-order chi connectivity index (χ1) is 10.4. The maximum Gasteiger partial charge on any atom is 0.308 e. The Bertz CT molecular complexity index is 983. The van der Waals surface area contributed by atoms with Gasteiger partial charge in [0.15, 0.2) is 5.43 Å². The molecule has 0 saturated heterocycles. The van der Waals surface area contributed by atoms with Crippen LogP contribution in [0.1, 0.15) is 12.7 Å². The summed E-state index contributed by atoms with van der Waals surface area (Å²) in [4.78, 5) is 23.0. The van der Waals surface area contributed by atoms with E-state index in [1.807, 2.05) is 0 Å². The zero-order valence-corrected chi connectivity index (χ0v) is 11.8. The molecule has 6 nitrogen and oxygen atoms in total. The lowest BCUT2D eigenvalue weighted by molar-refractivity contribution is -0.131. The SMILES string of the molecule is CC(=O)Oc1cc(O)c2c(O)c3c(=O)cc(C)oc3cc2c1. The van der Waals surface area contributed by atoms with Crippen molar-refractivity contribution in [2.45, 2.75) is 13.8 Å². The summed E-state index contributed by atoms with van der Waals surface area (Å²) in [6.45, 7) is 2.86. The summed E-state index contributed by atoms with van der Waals surface area (Å²) in [5.41, 5.74) is -0.212. The van der Waals surface area contributed by atoms with Crippen LogP contribution >= 0.6 is 0 Å². The van der Waals surface area contributed by atoms with Crippen LogP contribution in [-0.2, 0) is 4.79 Å². The van der Waals surface area contributed by atoms with Crippen molar-refractivity contribution in [3.63, 3.8) is 0 Å². The Balaban J connectivity index is 2.43. The van der Waals surface area contributed by atoms with Gasteiger partial charge in [0, 0.05) is 19.1 Å². The second-order valence-corrected chi connectivity index (χ2v) is 4.95. The molecule has 0 atom stereocenters. The fourth-order valence-electron chi connectivity index (χ4n) is 2.45. The molecule has 0 radical (unpaired) electrons. The van der Waals surface area contributed by atoms with E-state index in [1.165, 1.54) is 31.2 Å². The number of ether oxygens (including phenoxy) is 1. The van der Waals surface area contributed by atoms with Gasteiger partial charge in [-0.25, -0.2) is 0 Å². The largest absolute Gasteiger partial charge is 0.507 e. The van der Waals surface area contributed by atoms with Gasteiger partial charge in [-0.1, -0.05) is 0 Å². The molecule has 0 bridgehead atoms. The molecular weight excluding hydrogens is 288 g/mol. The Kier molecular flexibility index (Phi) is 3.02. The van der Waals surface area contributed by atoms with E-state index in [0.717, 1.165) is 0 Å². The molecule has 1 aromatic heterocycles. The van der Waals surface area contributed by atoms with Crippen LogP contribution in [-0.4, -0.2) is 16.2 Å². The first kappa shape index (κ1) is 13.9. The first-order valence-corrected chi connectivity index (χ1v) is 6.48. The van der Waals surface area contributed by atoms with E-state index >= 15 is 0 Å². The van der Waals surface area contributed by atoms with Gasteiger partial charge >= 0.3 is 5.97 Å². The fraction of sp³-hybridized carbons (Fsp3) is 0.125. The summed E-state index contributed by atoms with van der Waals surface area (Å²) in [6, 6.07) is 5.44. The molecule has 6 heteroatoms. The molecule has 0 fully saturated rings. The van der Waals surface area contributed by atoms with Crippen LogP contribution in [0.4, 0.5) is 0 Å². The molecule has 0 saturated carbocycles. The van der Waals surface area contributed by atoms with E-state index < -0.39 is 11.4 Å². The van der Waals surface area contributed by atoms with E-state index in [9.17, 15) is 19.8 Å². The highest BCUT2D eigenvalue weighted by molar-refractivity contribution is 6.06. The molecule has 0 aliphatic rings. The molecule has 1 heterocycles. The van der Waals surface area contributed by atoms with Crippen LogP contribution in [0.2, 0.25) is 0 Å². The Labute approximate surface area is 124 Å². The molecule has 3 aromatic rings. The predicted octanol–water partition coefficient (Wildman–Crippen LogP) is 2.59. The van der Waals surface area contributed by atoms with Crippen LogP contribution in [0, 0.1) is 6.92 Å². The number of rotatable bonds is 1. The lowest BCUT2D eigenvalue weighted by Crippen LogP contribution is -2.02. The lowest BCUT2D eigenvalue weighted by Gasteiger charge is -2.09. The number of phenols is 2. The van der Waals surface area contributed by atoms with Gasteiger partial charge in [0.1, 0.15) is 34.0 Å². The van der Waals surface area contributed by atoms with Crippen molar-refractivity contribution in [3.05, 3.63) is 40.2 Å². The minimum atomic E-state index is -0.536. The number of aromatic hydroxyl groups is 2. The normalized spacial score (nSPS) is 11.0. The van der Waals surface area contributed by atoms with Gasteiger partial charge in [0.05, 0.1) is 5.39 Å². The molecule has 2 aromatic carbocycles. The van der Waals surface area contributed by atoms with Crippen molar-refractivity contribution in [1.29, 1.82) is 0 Å². The molecule has 3 rings (SSSR count). The van der Waals surface area contributed by atoms with Crippen molar-refractivity contribution in [2.75, 3.05) is 0 Å². The summed E-state index contributed by atoms with van der Waals surface area (Å²) in [5, 5.41) is 20.8. The fourth-order valence-corrected chi connectivity index (χ4v) is 2.45. The smallest absolute Gasteiger partial charge is 0.308 e. The van der Waals surface area contributed by atoms with Crippen molar-refractivity contribution < 1.29 is 24.2 Å². The Morgan fingerprint density at radius 2 is 1.86 bits per heavy atom. The number of carbonyl (C=O) groups is 1. The highest BCUT2D eigenvalue weighted by atomic mass is 16.5. The maximum absolute atomic E-state index is 12.0. The molecule has 0 unspecified atom stereocenters. The highest BCUT2D eigenvalue weighted by Crippen LogP contribution is 2.40. The minimum absolute atomic E-state index is 0.00589.